The maximum absolute atomic E-state index is 14.0. The summed E-state index contributed by atoms with van der Waals surface area (Å²) >= 11 is 0. The topological polar surface area (TPSA) is 88.1 Å². The van der Waals surface area contributed by atoms with Crippen molar-refractivity contribution in [2.75, 3.05) is 6.61 Å². The molecular weight excluding hydrogens is 572 g/mol. The zero-order valence-corrected chi connectivity index (χ0v) is 27.8. The number of esters is 3. The number of allylic oxidation sites excluding steroid dienone is 2. The highest BCUT2D eigenvalue weighted by Gasteiger charge is 2.40. The van der Waals surface area contributed by atoms with Gasteiger partial charge in [0.2, 0.25) is 0 Å². The Morgan fingerprint density at radius 3 is 2.48 bits per heavy atom. The Morgan fingerprint density at radius 1 is 1.07 bits per heavy atom. The fraction of sp³-hybridized carbons (Fsp3) is 0.417. The van der Waals surface area contributed by atoms with Gasteiger partial charge in [0.05, 0.1) is 5.56 Å². The number of hydrogen-bond donors (Lipinski definition) is 0. The average molecular weight is 619 g/mol. The van der Waals surface area contributed by atoms with Crippen molar-refractivity contribution in [2.45, 2.75) is 83.7 Å². The third-order valence-corrected chi connectivity index (χ3v) is 12.5. The molecule has 0 spiro atoms. The zero-order chi connectivity index (χ0) is 32.3. The third kappa shape index (κ3) is 9.81. The number of carbonyl (C=O) groups is 3. The van der Waals surface area contributed by atoms with Gasteiger partial charge in [-0.1, -0.05) is 88.9 Å². The summed E-state index contributed by atoms with van der Waals surface area (Å²) in [6, 6.07) is 14.5. The van der Waals surface area contributed by atoms with E-state index in [4.69, 9.17) is 18.6 Å². The molecule has 7 nitrogen and oxygen atoms in total. The largest absolute Gasteiger partial charge is 0.543 e. The minimum atomic E-state index is -2.29. The number of cyclic esters (lactones) is 1. The van der Waals surface area contributed by atoms with Gasteiger partial charge in [0.25, 0.3) is 8.32 Å². The second-order valence-electron chi connectivity index (χ2n) is 12.7. The average Bonchev–Trinajstić information content (AvgIpc) is 2.96. The summed E-state index contributed by atoms with van der Waals surface area (Å²) in [5, 5.41) is -0.0789. The second kappa shape index (κ2) is 15.7. The lowest BCUT2D eigenvalue weighted by Crippen LogP contribution is -2.44. The van der Waals surface area contributed by atoms with Gasteiger partial charge in [0, 0.05) is 18.9 Å². The van der Waals surface area contributed by atoms with E-state index in [2.05, 4.69) is 46.5 Å². The van der Waals surface area contributed by atoms with Crippen molar-refractivity contribution in [3.05, 3.63) is 102 Å². The molecule has 0 saturated carbocycles. The van der Waals surface area contributed by atoms with E-state index in [0.29, 0.717) is 29.7 Å². The van der Waals surface area contributed by atoms with Crippen molar-refractivity contribution in [1.29, 1.82) is 0 Å². The van der Waals surface area contributed by atoms with Crippen LogP contribution in [0.25, 0.3) is 0 Å². The van der Waals surface area contributed by atoms with Crippen LogP contribution in [0, 0.1) is 5.92 Å². The van der Waals surface area contributed by atoms with E-state index < -0.39 is 38.4 Å². The summed E-state index contributed by atoms with van der Waals surface area (Å²) < 4.78 is 23.9. The van der Waals surface area contributed by atoms with Crippen molar-refractivity contribution >= 4 is 26.2 Å². The minimum Gasteiger partial charge on any atom is -0.543 e. The van der Waals surface area contributed by atoms with Crippen LogP contribution in [0.4, 0.5) is 0 Å². The highest BCUT2D eigenvalue weighted by Crippen LogP contribution is 2.39. The molecule has 1 aliphatic rings. The van der Waals surface area contributed by atoms with Gasteiger partial charge in [-0.3, -0.25) is 0 Å². The van der Waals surface area contributed by atoms with Crippen LogP contribution < -0.4 is 4.43 Å². The Bertz CT molecular complexity index is 1350. The summed E-state index contributed by atoms with van der Waals surface area (Å²) in [6.45, 7) is 16.4. The van der Waals surface area contributed by atoms with Gasteiger partial charge in [-0.15, -0.1) is 0 Å². The fourth-order valence-electron chi connectivity index (χ4n) is 4.51. The Labute approximate surface area is 263 Å². The first-order chi connectivity index (χ1) is 20.8. The molecule has 3 atom stereocenters. The van der Waals surface area contributed by atoms with E-state index >= 15 is 0 Å². The Morgan fingerprint density at radius 2 is 1.80 bits per heavy atom. The first kappa shape index (κ1) is 34.6. The van der Waals surface area contributed by atoms with E-state index in [1.807, 2.05) is 37.3 Å². The molecule has 0 N–H and O–H groups in total. The maximum atomic E-state index is 14.0. The summed E-state index contributed by atoms with van der Waals surface area (Å²) in [6.07, 6.45) is 8.91. The van der Waals surface area contributed by atoms with Crippen molar-refractivity contribution in [3.8, 4) is 5.75 Å². The second-order valence-corrected chi connectivity index (χ2v) is 17.4. The first-order valence-corrected chi connectivity index (χ1v) is 18.1. The molecule has 1 heterocycles. The summed E-state index contributed by atoms with van der Waals surface area (Å²) in [7, 11) is -2.29. The molecule has 0 amide bonds. The van der Waals surface area contributed by atoms with Gasteiger partial charge in [0.15, 0.2) is 0 Å². The highest BCUT2D eigenvalue weighted by atomic mass is 28.4. The molecule has 0 saturated heterocycles. The zero-order valence-electron chi connectivity index (χ0n) is 26.8. The number of hydrogen-bond acceptors (Lipinski definition) is 7. The molecule has 2 aromatic carbocycles. The van der Waals surface area contributed by atoms with E-state index in [1.54, 1.807) is 30.3 Å². The Hall–Kier alpha value is -3.91. The molecule has 1 aliphatic heterocycles. The molecule has 0 fully saturated rings. The third-order valence-electron chi connectivity index (χ3n) is 8.17. The normalized spacial score (nSPS) is 19.6. The highest BCUT2D eigenvalue weighted by molar-refractivity contribution is 6.74. The standard InChI is InChI=1S/C36H46O7Si/c1-8-24-40-32(37)23-15-21-29-25-31(42-34(38)28-18-10-9-11-19-28)26(2)16-12-13-17-27-20-14-22-30(33(27)35(39)41-29)43-44(6,7)36(3,4)5/h8-15,18-20,22-23,26,29,31H,1,16-17,21,24-25H2,2-7H3/t26-,29-,31+/m0/s1. The molecule has 3 rings (SSSR count). The van der Waals surface area contributed by atoms with Gasteiger partial charge in [-0.05, 0) is 60.7 Å². The van der Waals surface area contributed by atoms with Crippen LogP contribution in [-0.4, -0.2) is 45.0 Å². The summed E-state index contributed by atoms with van der Waals surface area (Å²) in [5.74, 6) is -1.04. The molecule has 236 valence electrons. The van der Waals surface area contributed by atoms with Gasteiger partial charge in [-0.25, -0.2) is 14.4 Å². The van der Waals surface area contributed by atoms with Crippen molar-refractivity contribution in [2.24, 2.45) is 5.92 Å². The van der Waals surface area contributed by atoms with Crippen molar-refractivity contribution in [1.82, 2.24) is 0 Å². The van der Waals surface area contributed by atoms with Crippen LogP contribution in [0.15, 0.2) is 85.5 Å². The van der Waals surface area contributed by atoms with Gasteiger partial charge >= 0.3 is 17.9 Å². The number of ether oxygens (including phenoxy) is 3. The maximum Gasteiger partial charge on any atom is 0.342 e. The molecular formula is C36H46O7Si. The van der Waals surface area contributed by atoms with Crippen LogP contribution in [-0.2, 0) is 25.4 Å². The minimum absolute atomic E-state index is 0.0613. The van der Waals surface area contributed by atoms with Gasteiger partial charge in [0.1, 0.15) is 30.1 Å². The molecule has 44 heavy (non-hydrogen) atoms. The quantitative estimate of drug-likeness (QED) is 0.0924. The molecule has 0 unspecified atom stereocenters. The molecule has 0 aromatic heterocycles. The Balaban J connectivity index is 1.99. The van der Waals surface area contributed by atoms with E-state index in [9.17, 15) is 14.4 Å². The molecule has 2 aromatic rings. The van der Waals surface area contributed by atoms with Crippen LogP contribution in [0.3, 0.4) is 0 Å². The van der Waals surface area contributed by atoms with Crippen LogP contribution in [0.2, 0.25) is 18.1 Å². The van der Waals surface area contributed by atoms with E-state index in [0.717, 1.165) is 5.56 Å². The van der Waals surface area contributed by atoms with Gasteiger partial charge < -0.3 is 18.6 Å². The number of carbonyl (C=O) groups excluding carboxylic acids is 3. The molecule has 0 bridgehead atoms. The molecule has 0 radical (unpaired) electrons. The SMILES string of the molecule is C=CCOC(=O)C=CC[C@H]1C[C@@H](OC(=O)c2ccccc2)[C@@H](C)CC=CCc2cccc(O[Si](C)(C)C(C)(C)C)c2C(=O)O1. The monoisotopic (exact) mass is 618 g/mol. The molecule has 0 aliphatic carbocycles. The smallest absolute Gasteiger partial charge is 0.342 e. The van der Waals surface area contributed by atoms with Crippen molar-refractivity contribution in [3.63, 3.8) is 0 Å². The Kier molecular flexibility index (Phi) is 12.3. The van der Waals surface area contributed by atoms with E-state index in [1.165, 1.54) is 12.2 Å². The predicted molar refractivity (Wildman–Crippen MR) is 175 cm³/mol. The summed E-state index contributed by atoms with van der Waals surface area (Å²) in [5.41, 5.74) is 1.65. The fourth-order valence-corrected chi connectivity index (χ4v) is 5.53. The molecule has 8 heteroatoms. The summed E-state index contributed by atoms with van der Waals surface area (Å²) in [4.78, 5) is 39.2. The first-order valence-electron chi connectivity index (χ1n) is 15.2. The lowest BCUT2D eigenvalue weighted by atomic mass is 9.93. The van der Waals surface area contributed by atoms with Crippen LogP contribution in [0.5, 0.6) is 5.75 Å². The number of rotatable bonds is 9. The predicted octanol–water partition coefficient (Wildman–Crippen LogP) is 8.03. The lowest BCUT2D eigenvalue weighted by molar-refractivity contribution is -0.136. The van der Waals surface area contributed by atoms with Crippen LogP contribution >= 0.6 is 0 Å². The lowest BCUT2D eigenvalue weighted by Gasteiger charge is -2.37. The van der Waals surface area contributed by atoms with Crippen LogP contribution in [0.1, 0.15) is 73.2 Å². The number of fused-ring (bicyclic) bond motifs is 1. The number of benzene rings is 2. The van der Waals surface area contributed by atoms with Gasteiger partial charge in [-0.2, -0.15) is 0 Å². The van der Waals surface area contributed by atoms with E-state index in [-0.39, 0.29) is 30.4 Å². The van der Waals surface area contributed by atoms with Crippen molar-refractivity contribution < 1.29 is 33.0 Å².